The summed E-state index contributed by atoms with van der Waals surface area (Å²) in [5, 5.41) is 18.2. The molecule has 0 N–H and O–H groups in total. The summed E-state index contributed by atoms with van der Waals surface area (Å²) < 4.78 is 0. The molecular formula is C11H13N3S. The van der Waals surface area contributed by atoms with Gasteiger partial charge < -0.3 is 0 Å². The smallest absolute Gasteiger partial charge is 0.137 e. The summed E-state index contributed by atoms with van der Waals surface area (Å²) in [6.07, 6.45) is 8.02. The summed E-state index contributed by atoms with van der Waals surface area (Å²) in [6, 6.07) is 3.90. The first kappa shape index (κ1) is 10.4. The van der Waals surface area contributed by atoms with Crippen LogP contribution in [0.3, 0.4) is 0 Å². The summed E-state index contributed by atoms with van der Waals surface area (Å²) in [5.41, 5.74) is 0.653. The van der Waals surface area contributed by atoms with Crippen LogP contribution in [0.2, 0.25) is 0 Å². The third-order valence-corrected chi connectivity index (χ3v) is 3.97. The summed E-state index contributed by atoms with van der Waals surface area (Å²) >= 11 is 1.72. The molecule has 0 unspecified atom stereocenters. The van der Waals surface area contributed by atoms with Crippen molar-refractivity contribution in [3.05, 3.63) is 17.8 Å². The maximum absolute atomic E-state index is 8.92. The standard InChI is InChI=1S/C11H13N3S/c12-8-9-6-7-13-14-11(9)15-10-4-2-1-3-5-10/h6-7,10H,1-5H2. The van der Waals surface area contributed by atoms with E-state index in [9.17, 15) is 0 Å². The van der Waals surface area contributed by atoms with Gasteiger partial charge in [-0.2, -0.15) is 10.4 Å². The van der Waals surface area contributed by atoms with Gasteiger partial charge in [0.15, 0.2) is 0 Å². The van der Waals surface area contributed by atoms with Crippen molar-refractivity contribution in [1.29, 1.82) is 5.26 Å². The number of hydrogen-bond donors (Lipinski definition) is 0. The van der Waals surface area contributed by atoms with Crippen molar-refractivity contribution in [1.82, 2.24) is 10.2 Å². The van der Waals surface area contributed by atoms with Crippen LogP contribution in [0.15, 0.2) is 17.3 Å². The first-order valence-electron chi connectivity index (χ1n) is 5.28. The van der Waals surface area contributed by atoms with Crippen molar-refractivity contribution in [2.24, 2.45) is 0 Å². The summed E-state index contributed by atoms with van der Waals surface area (Å²) in [4.78, 5) is 0. The van der Waals surface area contributed by atoms with Crippen LogP contribution in [0.1, 0.15) is 37.7 Å². The van der Waals surface area contributed by atoms with Gasteiger partial charge in [-0.15, -0.1) is 5.10 Å². The fraction of sp³-hybridized carbons (Fsp3) is 0.545. The van der Waals surface area contributed by atoms with Crippen molar-refractivity contribution < 1.29 is 0 Å². The molecule has 2 rings (SSSR count). The molecule has 0 atom stereocenters. The Hall–Kier alpha value is -1.08. The molecule has 0 aliphatic heterocycles. The topological polar surface area (TPSA) is 49.6 Å². The zero-order chi connectivity index (χ0) is 10.5. The predicted molar refractivity (Wildman–Crippen MR) is 59.5 cm³/mol. The third kappa shape index (κ3) is 2.69. The number of nitriles is 1. The van der Waals surface area contributed by atoms with Gasteiger partial charge in [-0.25, -0.2) is 0 Å². The minimum atomic E-state index is 0.627. The van der Waals surface area contributed by atoms with Crippen LogP contribution in [0.5, 0.6) is 0 Å². The number of thioether (sulfide) groups is 1. The summed E-state index contributed by atoms with van der Waals surface area (Å²) in [5.74, 6) is 0. The van der Waals surface area contributed by atoms with Gasteiger partial charge in [0, 0.05) is 5.25 Å². The Morgan fingerprint density at radius 3 is 2.87 bits per heavy atom. The molecule has 0 radical (unpaired) electrons. The number of hydrogen-bond acceptors (Lipinski definition) is 4. The SMILES string of the molecule is N#Cc1ccnnc1SC1CCCCC1. The highest BCUT2D eigenvalue weighted by Crippen LogP contribution is 2.33. The highest BCUT2D eigenvalue weighted by Gasteiger charge is 2.17. The van der Waals surface area contributed by atoms with Gasteiger partial charge in [-0.05, 0) is 18.9 Å². The van der Waals surface area contributed by atoms with Gasteiger partial charge in [-0.3, -0.25) is 0 Å². The van der Waals surface area contributed by atoms with Crippen LogP contribution in [0, 0.1) is 11.3 Å². The molecule has 1 fully saturated rings. The van der Waals surface area contributed by atoms with Gasteiger partial charge in [0.2, 0.25) is 0 Å². The first-order valence-corrected chi connectivity index (χ1v) is 6.16. The molecule has 0 aromatic carbocycles. The van der Waals surface area contributed by atoms with Crippen LogP contribution in [0.4, 0.5) is 0 Å². The molecule has 0 bridgehead atoms. The molecule has 1 aromatic heterocycles. The Morgan fingerprint density at radius 1 is 1.33 bits per heavy atom. The molecule has 4 heteroatoms. The normalized spacial score (nSPS) is 17.3. The maximum Gasteiger partial charge on any atom is 0.137 e. The van der Waals surface area contributed by atoms with Crippen molar-refractivity contribution in [3.8, 4) is 6.07 Å². The Kier molecular flexibility index (Phi) is 3.57. The van der Waals surface area contributed by atoms with E-state index in [-0.39, 0.29) is 0 Å². The van der Waals surface area contributed by atoms with Crippen molar-refractivity contribution in [2.45, 2.75) is 42.4 Å². The fourth-order valence-electron chi connectivity index (χ4n) is 1.83. The van der Waals surface area contributed by atoms with E-state index in [2.05, 4.69) is 16.3 Å². The van der Waals surface area contributed by atoms with E-state index in [0.717, 1.165) is 5.03 Å². The lowest BCUT2D eigenvalue weighted by Crippen LogP contribution is -2.08. The summed E-state index contributed by atoms with van der Waals surface area (Å²) in [7, 11) is 0. The van der Waals surface area contributed by atoms with Crippen LogP contribution >= 0.6 is 11.8 Å². The van der Waals surface area contributed by atoms with Crippen LogP contribution in [-0.2, 0) is 0 Å². The first-order chi connectivity index (χ1) is 7.40. The number of rotatable bonds is 2. The molecule has 78 valence electrons. The largest absolute Gasteiger partial charge is 0.192 e. The Labute approximate surface area is 93.9 Å². The quantitative estimate of drug-likeness (QED) is 0.767. The lowest BCUT2D eigenvalue weighted by atomic mass is 10.0. The van der Waals surface area contributed by atoms with E-state index < -0.39 is 0 Å². The van der Waals surface area contributed by atoms with E-state index in [4.69, 9.17) is 5.26 Å². The second-order valence-corrected chi connectivity index (χ2v) is 5.03. The van der Waals surface area contributed by atoms with E-state index in [0.29, 0.717) is 10.8 Å². The van der Waals surface area contributed by atoms with Gasteiger partial charge >= 0.3 is 0 Å². The third-order valence-electron chi connectivity index (χ3n) is 2.64. The van der Waals surface area contributed by atoms with E-state index >= 15 is 0 Å². The average molecular weight is 219 g/mol. The number of aromatic nitrogens is 2. The molecule has 3 nitrogen and oxygen atoms in total. The fourth-order valence-corrected chi connectivity index (χ4v) is 3.05. The minimum Gasteiger partial charge on any atom is -0.192 e. The maximum atomic E-state index is 8.92. The molecule has 1 heterocycles. The van der Waals surface area contributed by atoms with Crippen molar-refractivity contribution >= 4 is 11.8 Å². The highest BCUT2D eigenvalue weighted by atomic mass is 32.2. The molecule has 1 aliphatic rings. The molecule has 1 saturated carbocycles. The summed E-state index contributed by atoms with van der Waals surface area (Å²) in [6.45, 7) is 0. The Bertz CT molecular complexity index is 366. The zero-order valence-electron chi connectivity index (χ0n) is 8.52. The van der Waals surface area contributed by atoms with E-state index in [1.54, 1.807) is 24.0 Å². The van der Waals surface area contributed by atoms with Gasteiger partial charge in [0.25, 0.3) is 0 Å². The second kappa shape index (κ2) is 5.13. The highest BCUT2D eigenvalue weighted by molar-refractivity contribution is 7.99. The van der Waals surface area contributed by atoms with E-state index in [1.165, 1.54) is 32.1 Å². The van der Waals surface area contributed by atoms with Gasteiger partial charge in [0.05, 0.1) is 11.8 Å². The van der Waals surface area contributed by atoms with Gasteiger partial charge in [-0.1, -0.05) is 31.0 Å². The molecule has 1 aromatic rings. The molecule has 0 saturated heterocycles. The Morgan fingerprint density at radius 2 is 2.13 bits per heavy atom. The van der Waals surface area contributed by atoms with Gasteiger partial charge in [0.1, 0.15) is 11.1 Å². The molecular weight excluding hydrogens is 206 g/mol. The minimum absolute atomic E-state index is 0.627. The molecule has 15 heavy (non-hydrogen) atoms. The van der Waals surface area contributed by atoms with Crippen LogP contribution in [-0.4, -0.2) is 15.4 Å². The number of nitrogens with zero attached hydrogens (tertiary/aromatic N) is 3. The lowest BCUT2D eigenvalue weighted by molar-refractivity contribution is 0.515. The molecule has 0 amide bonds. The second-order valence-electron chi connectivity index (χ2n) is 3.74. The molecule has 1 aliphatic carbocycles. The lowest BCUT2D eigenvalue weighted by Gasteiger charge is -2.20. The van der Waals surface area contributed by atoms with E-state index in [1.807, 2.05) is 0 Å². The molecule has 0 spiro atoms. The van der Waals surface area contributed by atoms with Crippen molar-refractivity contribution in [3.63, 3.8) is 0 Å². The predicted octanol–water partition coefficient (Wildman–Crippen LogP) is 2.77. The Balaban J connectivity index is 2.06. The van der Waals surface area contributed by atoms with Crippen LogP contribution in [0.25, 0.3) is 0 Å². The average Bonchev–Trinajstić information content (AvgIpc) is 2.31. The van der Waals surface area contributed by atoms with Crippen molar-refractivity contribution in [2.75, 3.05) is 0 Å². The monoisotopic (exact) mass is 219 g/mol. The van der Waals surface area contributed by atoms with Crippen LogP contribution < -0.4 is 0 Å². The zero-order valence-corrected chi connectivity index (χ0v) is 9.33.